The minimum atomic E-state index is -0.305. The zero-order chi connectivity index (χ0) is 13.8. The summed E-state index contributed by atoms with van der Waals surface area (Å²) in [4.78, 5) is 23.4. The minimum absolute atomic E-state index is 0.0145. The van der Waals surface area contributed by atoms with Gasteiger partial charge in [0.2, 0.25) is 0 Å². The maximum absolute atomic E-state index is 12.0. The largest absolute Gasteiger partial charge is 0.463 e. The highest BCUT2D eigenvalue weighted by Crippen LogP contribution is 2.45. The van der Waals surface area contributed by atoms with Crippen molar-refractivity contribution in [2.24, 2.45) is 11.8 Å². The highest BCUT2D eigenvalue weighted by atomic mass is 16.5. The molecule has 3 nitrogen and oxygen atoms in total. The number of Topliss-reactive ketones (excluding diaryl/α,β-unsaturated/α-hetero) is 1. The summed E-state index contributed by atoms with van der Waals surface area (Å²) in [7, 11) is 0. The lowest BCUT2D eigenvalue weighted by Crippen LogP contribution is -2.11. The predicted molar refractivity (Wildman–Crippen MR) is 73.3 cm³/mol. The molecule has 1 saturated carbocycles. The summed E-state index contributed by atoms with van der Waals surface area (Å²) in [6.45, 7) is 3.71. The van der Waals surface area contributed by atoms with Crippen molar-refractivity contribution in [1.82, 2.24) is 0 Å². The van der Waals surface area contributed by atoms with Crippen LogP contribution in [0.3, 0.4) is 0 Å². The summed E-state index contributed by atoms with van der Waals surface area (Å²) in [5, 5.41) is 0. The van der Waals surface area contributed by atoms with Crippen LogP contribution in [0.4, 0.5) is 0 Å². The van der Waals surface area contributed by atoms with Crippen molar-refractivity contribution in [3.63, 3.8) is 0 Å². The Kier molecular flexibility index (Phi) is 4.15. The van der Waals surface area contributed by atoms with Crippen LogP contribution >= 0.6 is 0 Å². The van der Waals surface area contributed by atoms with Gasteiger partial charge in [-0.25, -0.2) is 4.79 Å². The Bertz CT molecular complexity index is 502. The number of hydrogen-bond acceptors (Lipinski definition) is 3. The number of ketones is 1. The van der Waals surface area contributed by atoms with Gasteiger partial charge in [0.05, 0.1) is 6.61 Å². The Labute approximate surface area is 113 Å². The second-order valence-corrected chi connectivity index (χ2v) is 4.79. The average molecular weight is 258 g/mol. The van der Waals surface area contributed by atoms with Gasteiger partial charge in [-0.2, -0.15) is 0 Å². The van der Waals surface area contributed by atoms with Crippen molar-refractivity contribution in [1.29, 1.82) is 0 Å². The summed E-state index contributed by atoms with van der Waals surface area (Å²) in [6.07, 6.45) is 2.60. The first-order chi connectivity index (χ1) is 9.13. The molecule has 0 aromatic heterocycles. The number of benzene rings is 1. The average Bonchev–Trinajstić information content (AvgIpc) is 3.17. The molecule has 100 valence electrons. The molecule has 2 atom stereocenters. The van der Waals surface area contributed by atoms with Crippen molar-refractivity contribution in [2.45, 2.75) is 20.3 Å². The normalized spacial score (nSPS) is 21.9. The van der Waals surface area contributed by atoms with Gasteiger partial charge in [0.25, 0.3) is 0 Å². The molecule has 0 saturated heterocycles. The molecule has 3 heteroatoms. The Hall–Kier alpha value is -1.90. The molecule has 1 fully saturated rings. The van der Waals surface area contributed by atoms with Crippen molar-refractivity contribution in [3.8, 4) is 0 Å². The van der Waals surface area contributed by atoms with Crippen LogP contribution in [0.15, 0.2) is 35.9 Å². The van der Waals surface area contributed by atoms with Gasteiger partial charge in [-0.1, -0.05) is 30.3 Å². The molecule has 0 unspecified atom stereocenters. The van der Waals surface area contributed by atoms with E-state index in [0.29, 0.717) is 12.2 Å². The van der Waals surface area contributed by atoms with Crippen LogP contribution < -0.4 is 0 Å². The van der Waals surface area contributed by atoms with Gasteiger partial charge >= 0.3 is 5.97 Å². The summed E-state index contributed by atoms with van der Waals surface area (Å²) in [5.74, 6) is -0.149. The van der Waals surface area contributed by atoms with Gasteiger partial charge in [-0.3, -0.25) is 4.79 Å². The molecule has 0 spiro atoms. The molecule has 0 N–H and O–H groups in total. The Morgan fingerprint density at radius 1 is 1.26 bits per heavy atom. The van der Waals surface area contributed by atoms with Crippen LogP contribution in [0.1, 0.15) is 25.8 Å². The third-order valence-electron chi connectivity index (χ3n) is 3.34. The lowest BCUT2D eigenvalue weighted by molar-refractivity contribution is -0.138. The molecule has 1 aliphatic carbocycles. The lowest BCUT2D eigenvalue weighted by atomic mass is 10.0. The highest BCUT2D eigenvalue weighted by Gasteiger charge is 2.45. The molecule has 1 aromatic rings. The fraction of sp³-hybridized carbons (Fsp3) is 0.375. The van der Waals surface area contributed by atoms with Crippen LogP contribution in [0.5, 0.6) is 0 Å². The monoisotopic (exact) mass is 258 g/mol. The van der Waals surface area contributed by atoms with E-state index in [0.717, 1.165) is 12.0 Å². The Morgan fingerprint density at radius 3 is 2.47 bits per heavy atom. The molecule has 2 rings (SSSR count). The SMILES string of the molecule is CCOC(=O)/C(=C/c1ccccc1)[C@@H]1C[C@H]1C(C)=O. The smallest absolute Gasteiger partial charge is 0.334 e. The fourth-order valence-electron chi connectivity index (χ4n) is 2.25. The van der Waals surface area contributed by atoms with Crippen LogP contribution in [-0.4, -0.2) is 18.4 Å². The van der Waals surface area contributed by atoms with E-state index in [4.69, 9.17) is 4.74 Å². The zero-order valence-electron chi connectivity index (χ0n) is 11.3. The van der Waals surface area contributed by atoms with Gasteiger partial charge in [-0.15, -0.1) is 0 Å². The van der Waals surface area contributed by atoms with E-state index >= 15 is 0 Å². The molecule has 1 aliphatic rings. The lowest BCUT2D eigenvalue weighted by Gasteiger charge is -2.06. The molecule has 0 amide bonds. The molecule has 0 bridgehead atoms. The predicted octanol–water partition coefficient (Wildman–Crippen LogP) is 2.86. The van der Waals surface area contributed by atoms with E-state index in [1.807, 2.05) is 36.4 Å². The molecular weight excluding hydrogens is 240 g/mol. The van der Waals surface area contributed by atoms with E-state index in [1.54, 1.807) is 13.8 Å². The topological polar surface area (TPSA) is 43.4 Å². The van der Waals surface area contributed by atoms with Crippen LogP contribution in [0.25, 0.3) is 6.08 Å². The zero-order valence-corrected chi connectivity index (χ0v) is 11.3. The van der Waals surface area contributed by atoms with E-state index in [-0.39, 0.29) is 23.6 Å². The second-order valence-electron chi connectivity index (χ2n) is 4.79. The van der Waals surface area contributed by atoms with Gasteiger partial charge in [0.15, 0.2) is 0 Å². The molecule has 0 aliphatic heterocycles. The van der Waals surface area contributed by atoms with Gasteiger partial charge in [0, 0.05) is 17.4 Å². The van der Waals surface area contributed by atoms with Gasteiger partial charge in [-0.05, 0) is 31.9 Å². The number of carbonyl (C=O) groups excluding carboxylic acids is 2. The maximum atomic E-state index is 12.0. The summed E-state index contributed by atoms with van der Waals surface area (Å²) >= 11 is 0. The van der Waals surface area contributed by atoms with E-state index in [2.05, 4.69) is 0 Å². The number of hydrogen-bond donors (Lipinski definition) is 0. The number of esters is 1. The molecular formula is C16H18O3. The van der Waals surface area contributed by atoms with E-state index < -0.39 is 0 Å². The standard InChI is InChI=1S/C16H18O3/c1-3-19-16(18)15(14-10-13(14)11(2)17)9-12-7-5-4-6-8-12/h4-9,13-14H,3,10H2,1-2H3/b15-9+/t13-,14+/m0/s1. The van der Waals surface area contributed by atoms with E-state index in [9.17, 15) is 9.59 Å². The van der Waals surface area contributed by atoms with Crippen molar-refractivity contribution in [3.05, 3.63) is 41.5 Å². The number of carbonyl (C=O) groups is 2. The minimum Gasteiger partial charge on any atom is -0.463 e. The summed E-state index contributed by atoms with van der Waals surface area (Å²) in [6, 6.07) is 9.64. The third-order valence-corrected chi connectivity index (χ3v) is 3.34. The quantitative estimate of drug-likeness (QED) is 0.602. The first-order valence-corrected chi connectivity index (χ1v) is 6.57. The number of ether oxygens (including phenoxy) is 1. The highest BCUT2D eigenvalue weighted by molar-refractivity contribution is 5.97. The molecule has 0 heterocycles. The van der Waals surface area contributed by atoms with Crippen LogP contribution in [0.2, 0.25) is 0 Å². The third kappa shape index (κ3) is 3.31. The van der Waals surface area contributed by atoms with Crippen molar-refractivity contribution >= 4 is 17.8 Å². The summed E-state index contributed by atoms with van der Waals surface area (Å²) < 4.78 is 5.09. The molecule has 19 heavy (non-hydrogen) atoms. The maximum Gasteiger partial charge on any atom is 0.334 e. The second kappa shape index (κ2) is 5.83. The van der Waals surface area contributed by atoms with Gasteiger partial charge < -0.3 is 4.74 Å². The van der Waals surface area contributed by atoms with Crippen molar-refractivity contribution in [2.75, 3.05) is 6.61 Å². The number of rotatable bonds is 5. The van der Waals surface area contributed by atoms with Crippen LogP contribution in [0, 0.1) is 11.8 Å². The summed E-state index contributed by atoms with van der Waals surface area (Å²) in [5.41, 5.74) is 1.58. The van der Waals surface area contributed by atoms with Crippen molar-refractivity contribution < 1.29 is 14.3 Å². The molecule has 0 radical (unpaired) electrons. The first kappa shape index (κ1) is 13.5. The fourth-order valence-corrected chi connectivity index (χ4v) is 2.25. The molecule has 1 aromatic carbocycles. The Morgan fingerprint density at radius 2 is 1.95 bits per heavy atom. The van der Waals surface area contributed by atoms with Crippen LogP contribution in [-0.2, 0) is 14.3 Å². The van der Waals surface area contributed by atoms with E-state index in [1.165, 1.54) is 0 Å². The first-order valence-electron chi connectivity index (χ1n) is 6.57. The Balaban J connectivity index is 2.23. The van der Waals surface area contributed by atoms with Gasteiger partial charge in [0.1, 0.15) is 5.78 Å².